The average molecular weight is 1010 g/mol. The molecule has 0 aliphatic heterocycles. The molecule has 68 heavy (non-hydrogen) atoms. The number of anilines is 2. The smallest absolute Gasteiger partial charge is 0.264 e. The summed E-state index contributed by atoms with van der Waals surface area (Å²) in [5, 5.41) is 6.71. The Labute approximate surface area is 414 Å². The van der Waals surface area contributed by atoms with Gasteiger partial charge in [0, 0.05) is 35.0 Å². The zero-order chi connectivity index (χ0) is 49.3. The third-order valence-corrected chi connectivity index (χ3v) is 17.6. The third-order valence-electron chi connectivity index (χ3n) is 13.5. The lowest BCUT2D eigenvalue weighted by Gasteiger charge is -2.36. The van der Waals surface area contributed by atoms with E-state index in [0.717, 1.165) is 35.1 Å². The van der Waals surface area contributed by atoms with Crippen molar-refractivity contribution in [3.8, 4) is 0 Å². The number of rotatable bonds is 20. The summed E-state index contributed by atoms with van der Waals surface area (Å²) < 4.78 is 60.0. The number of carbonyl (C=O) groups excluding carboxylic acids is 3. The molecule has 0 heterocycles. The van der Waals surface area contributed by atoms with Gasteiger partial charge in [0.15, 0.2) is 0 Å². The molecule has 2 amide bonds. The first kappa shape index (κ1) is 52.9. The number of sulfonamides is 2. The van der Waals surface area contributed by atoms with Crippen LogP contribution in [0.15, 0.2) is 94.7 Å². The van der Waals surface area contributed by atoms with E-state index in [4.69, 9.17) is 23.2 Å². The zero-order valence-corrected chi connectivity index (χ0v) is 43.4. The minimum atomic E-state index is -4.17. The third kappa shape index (κ3) is 13.5. The number of nitrogens with one attached hydrogen (secondary N) is 2. The molecule has 4 aromatic rings. The van der Waals surface area contributed by atoms with Crippen molar-refractivity contribution in [2.75, 3.05) is 34.8 Å². The second kappa shape index (κ2) is 23.5. The Kier molecular flexibility index (Phi) is 18.3. The van der Waals surface area contributed by atoms with Gasteiger partial charge < -0.3 is 10.6 Å². The fraction of sp³-hybridized carbons (Fsp3) is 0.491. The second-order valence-electron chi connectivity index (χ2n) is 19.6. The number of hydrogen-bond donors (Lipinski definition) is 2. The van der Waals surface area contributed by atoms with Crippen LogP contribution in [-0.2, 0) is 34.4 Å². The Hall–Kier alpha value is -4.43. The van der Waals surface area contributed by atoms with E-state index in [0.29, 0.717) is 97.7 Å². The molecule has 0 radical (unpaired) electrons. The summed E-state index contributed by atoms with van der Waals surface area (Å²) in [6.07, 6.45) is 6.57. The van der Waals surface area contributed by atoms with Crippen LogP contribution in [0.2, 0.25) is 10.0 Å². The van der Waals surface area contributed by atoms with Gasteiger partial charge in [0.1, 0.15) is 18.9 Å². The molecule has 0 atom stereocenters. The van der Waals surface area contributed by atoms with Gasteiger partial charge in [-0.15, -0.1) is 0 Å². The average Bonchev–Trinajstić information content (AvgIpc) is 3.30. The maximum atomic E-state index is 14.4. The van der Waals surface area contributed by atoms with Crippen LogP contribution < -0.4 is 19.2 Å². The molecule has 0 saturated heterocycles. The van der Waals surface area contributed by atoms with Crippen molar-refractivity contribution < 1.29 is 31.2 Å². The summed E-state index contributed by atoms with van der Waals surface area (Å²) in [7, 11) is -8.34. The van der Waals surface area contributed by atoms with Crippen LogP contribution in [0.25, 0.3) is 0 Å². The normalized spacial score (nSPS) is 18.9. The molecule has 0 unspecified atom stereocenters. The van der Waals surface area contributed by atoms with Crippen LogP contribution in [0.5, 0.6) is 0 Å². The van der Waals surface area contributed by atoms with E-state index >= 15 is 0 Å². The number of nitrogens with zero attached hydrogens (tertiary/aromatic N) is 2. The number of ketones is 1. The second-order valence-corrected chi connectivity index (χ2v) is 24.2. The van der Waals surface area contributed by atoms with E-state index in [-0.39, 0.29) is 39.2 Å². The predicted octanol–water partition coefficient (Wildman–Crippen LogP) is 11.1. The molecule has 6 rings (SSSR count). The molecular weight excluding hydrogens is 940 g/mol. The van der Waals surface area contributed by atoms with Crippen molar-refractivity contribution in [1.82, 2.24) is 10.6 Å². The van der Waals surface area contributed by atoms with Gasteiger partial charge in [0.2, 0.25) is 11.8 Å². The van der Waals surface area contributed by atoms with Gasteiger partial charge >= 0.3 is 0 Å². The minimum Gasteiger partial charge on any atom is -0.355 e. The highest BCUT2D eigenvalue weighted by Crippen LogP contribution is 2.46. The largest absolute Gasteiger partial charge is 0.355 e. The van der Waals surface area contributed by atoms with E-state index in [1.807, 2.05) is 13.8 Å². The van der Waals surface area contributed by atoms with E-state index in [2.05, 4.69) is 38.3 Å². The highest BCUT2D eigenvalue weighted by Gasteiger charge is 2.38. The number of carbonyl (C=O) groups is 3. The van der Waals surface area contributed by atoms with Crippen molar-refractivity contribution in [1.29, 1.82) is 0 Å². The van der Waals surface area contributed by atoms with Gasteiger partial charge in [-0.1, -0.05) is 86.3 Å². The lowest BCUT2D eigenvalue weighted by molar-refractivity contribution is -0.129. The van der Waals surface area contributed by atoms with Crippen LogP contribution in [0.1, 0.15) is 126 Å². The number of hydrogen-bond acceptors (Lipinski definition) is 7. The Balaban J connectivity index is 1.17. The van der Waals surface area contributed by atoms with E-state index in [1.165, 1.54) is 8.61 Å². The number of amides is 2. The fourth-order valence-corrected chi connectivity index (χ4v) is 12.8. The number of halogens is 2. The lowest BCUT2D eigenvalue weighted by Crippen LogP contribution is -2.42. The van der Waals surface area contributed by atoms with Crippen molar-refractivity contribution in [2.24, 2.45) is 23.7 Å². The Bertz CT molecular complexity index is 2430. The van der Waals surface area contributed by atoms with Gasteiger partial charge in [-0.05, 0) is 174 Å². The molecule has 2 fully saturated rings. The van der Waals surface area contributed by atoms with Crippen molar-refractivity contribution in [2.45, 2.75) is 127 Å². The fourth-order valence-electron chi connectivity index (χ4n) is 9.52. The van der Waals surface area contributed by atoms with E-state index in [9.17, 15) is 31.2 Å². The van der Waals surface area contributed by atoms with E-state index < -0.39 is 45.0 Å². The molecule has 2 saturated carbocycles. The molecule has 0 spiro atoms. The first-order chi connectivity index (χ1) is 32.2. The Morgan fingerprint density at radius 2 is 0.882 bits per heavy atom. The maximum Gasteiger partial charge on any atom is 0.264 e. The SMILES string of the molecule is Cc1ccc(S(=O)(=O)N(CC(=O)NCCC(C)C)c2ccc(Cl)cc2C2CCC(C(=O)C3CCC(c4cc(Cl)ccc4N(CC(=O)NCCC(C)C)S(=O)(=O)c4ccc(C)cc4)CC3)CC2)cc1. The predicted molar refractivity (Wildman–Crippen MR) is 274 cm³/mol. The van der Waals surface area contributed by atoms with Crippen LogP contribution in [0, 0.1) is 37.5 Å². The highest BCUT2D eigenvalue weighted by atomic mass is 35.5. The molecule has 368 valence electrons. The van der Waals surface area contributed by atoms with Crippen molar-refractivity contribution in [3.63, 3.8) is 0 Å². The summed E-state index contributed by atoms with van der Waals surface area (Å²) in [4.78, 5) is 41.3. The zero-order valence-electron chi connectivity index (χ0n) is 40.3. The standard InChI is InChI=1S/C53H68Cl2N4O7S2/c1-35(2)27-29-56-51(60)33-58(67(63,64)45-21-7-37(5)8-22-45)49-25-19-43(54)31-47(49)39-11-15-41(16-12-39)53(62)42-17-13-40(14-18-42)48-32-44(55)20-26-50(48)59(34-52(61)57-30-28-36(3)4)68(65,66)46-23-9-38(6)10-24-46/h7-10,19-26,31-32,35-36,39-42H,11-18,27-30,33-34H2,1-6H3,(H,56,60)(H,57,61). The molecule has 11 nitrogen and oxygen atoms in total. The van der Waals surface area contributed by atoms with Crippen LogP contribution in [0.3, 0.4) is 0 Å². The number of benzene rings is 4. The summed E-state index contributed by atoms with van der Waals surface area (Å²) >= 11 is 13.2. The van der Waals surface area contributed by atoms with Gasteiger partial charge in [-0.3, -0.25) is 23.0 Å². The minimum absolute atomic E-state index is 0.0825. The summed E-state index contributed by atoms with van der Waals surface area (Å²) in [6, 6.07) is 23.5. The van der Waals surface area contributed by atoms with Crippen molar-refractivity contribution in [3.05, 3.63) is 117 Å². The van der Waals surface area contributed by atoms with E-state index in [1.54, 1.807) is 84.9 Å². The molecular formula is C53H68Cl2N4O7S2. The van der Waals surface area contributed by atoms with Gasteiger partial charge in [-0.25, -0.2) is 16.8 Å². The molecule has 4 aromatic carbocycles. The molecule has 2 aliphatic rings. The summed E-state index contributed by atoms with van der Waals surface area (Å²) in [5.41, 5.74) is 4.09. The van der Waals surface area contributed by atoms with Crippen LogP contribution in [-0.4, -0.2) is 60.6 Å². The first-order valence-corrected chi connectivity index (χ1v) is 27.7. The molecule has 2 N–H and O–H groups in total. The molecule has 2 aliphatic carbocycles. The van der Waals surface area contributed by atoms with Gasteiger partial charge in [-0.2, -0.15) is 0 Å². The first-order valence-electron chi connectivity index (χ1n) is 24.1. The Morgan fingerprint density at radius 3 is 1.21 bits per heavy atom. The number of Topliss-reactive ketones (excluding diaryl/α,β-unsaturated/α-hetero) is 1. The number of aryl methyl sites for hydroxylation is 2. The molecule has 15 heteroatoms. The van der Waals surface area contributed by atoms with Crippen LogP contribution in [0.4, 0.5) is 11.4 Å². The topological polar surface area (TPSA) is 150 Å². The van der Waals surface area contributed by atoms with Gasteiger partial charge in [0.25, 0.3) is 20.0 Å². The maximum absolute atomic E-state index is 14.4. The highest BCUT2D eigenvalue weighted by molar-refractivity contribution is 7.93. The molecule has 0 aromatic heterocycles. The Morgan fingerprint density at radius 1 is 0.544 bits per heavy atom. The lowest BCUT2D eigenvalue weighted by atomic mass is 9.70. The quantitative estimate of drug-likeness (QED) is 0.0895. The summed E-state index contributed by atoms with van der Waals surface area (Å²) in [5.74, 6) is -0.369. The molecule has 0 bridgehead atoms. The summed E-state index contributed by atoms with van der Waals surface area (Å²) in [6.45, 7) is 12.1. The van der Waals surface area contributed by atoms with Crippen molar-refractivity contribution >= 4 is 72.2 Å². The van der Waals surface area contributed by atoms with Gasteiger partial charge in [0.05, 0.1) is 21.2 Å². The van der Waals surface area contributed by atoms with Crippen LogP contribution >= 0.6 is 23.2 Å². The monoisotopic (exact) mass is 1010 g/mol.